The number of phenols is 2. The fourth-order valence-electron chi connectivity index (χ4n) is 3.90. The smallest absolute Gasteiger partial charge is 0.226 e. The largest absolute Gasteiger partial charge is 0.504 e. The molecule has 5 nitrogen and oxygen atoms in total. The van der Waals surface area contributed by atoms with Crippen molar-refractivity contribution in [2.45, 2.75) is 39.2 Å². The zero-order valence-electron chi connectivity index (χ0n) is 14.5. The summed E-state index contributed by atoms with van der Waals surface area (Å²) in [6.45, 7) is 6.94. The molecule has 0 unspecified atom stereocenters. The van der Waals surface area contributed by atoms with Gasteiger partial charge in [-0.15, -0.1) is 0 Å². The lowest BCUT2D eigenvalue weighted by atomic mass is 9.92. The first-order chi connectivity index (χ1) is 11.5. The number of quaternary nitrogens is 1. The molecule has 1 aromatic rings. The second-order valence-corrected chi connectivity index (χ2v) is 7.53. The average molecular weight is 333 g/mol. The van der Waals surface area contributed by atoms with Gasteiger partial charge >= 0.3 is 0 Å². The lowest BCUT2D eigenvalue weighted by Gasteiger charge is -2.35. The molecule has 24 heavy (non-hydrogen) atoms. The van der Waals surface area contributed by atoms with Crippen molar-refractivity contribution < 1.29 is 19.9 Å². The number of benzene rings is 1. The minimum absolute atomic E-state index is 0.0590. The number of hydrogen-bond acceptors (Lipinski definition) is 3. The highest BCUT2D eigenvalue weighted by Crippen LogP contribution is 2.25. The van der Waals surface area contributed by atoms with E-state index >= 15 is 0 Å². The number of aromatic hydroxyl groups is 2. The molecule has 2 heterocycles. The number of phenolic OH excluding ortho intramolecular Hbond substituents is 2. The molecule has 1 aromatic carbocycles. The molecule has 0 atom stereocenters. The van der Waals surface area contributed by atoms with Crippen LogP contribution in [0, 0.1) is 11.8 Å². The summed E-state index contributed by atoms with van der Waals surface area (Å²) < 4.78 is 0. The molecular weight excluding hydrogens is 304 g/mol. The minimum atomic E-state index is -0.0751. The molecule has 0 bridgehead atoms. The van der Waals surface area contributed by atoms with Crippen LogP contribution in [0.15, 0.2) is 18.2 Å². The van der Waals surface area contributed by atoms with E-state index in [0.717, 1.165) is 69.9 Å². The number of piperidine rings is 2. The van der Waals surface area contributed by atoms with Gasteiger partial charge in [0.2, 0.25) is 5.91 Å². The third-order valence-corrected chi connectivity index (χ3v) is 5.63. The molecule has 0 radical (unpaired) electrons. The van der Waals surface area contributed by atoms with Gasteiger partial charge in [0, 0.05) is 37.4 Å². The predicted octanol–water partition coefficient (Wildman–Crippen LogP) is 1.15. The van der Waals surface area contributed by atoms with Gasteiger partial charge in [-0.2, -0.15) is 0 Å². The van der Waals surface area contributed by atoms with Gasteiger partial charge in [-0.05, 0) is 37.0 Å². The maximum atomic E-state index is 12.7. The van der Waals surface area contributed by atoms with Gasteiger partial charge in [-0.3, -0.25) is 4.79 Å². The molecule has 3 rings (SSSR count). The topological polar surface area (TPSA) is 65.2 Å². The Morgan fingerprint density at radius 2 is 1.79 bits per heavy atom. The highest BCUT2D eigenvalue weighted by molar-refractivity contribution is 5.79. The molecule has 0 aromatic heterocycles. The highest BCUT2D eigenvalue weighted by atomic mass is 16.3. The summed E-state index contributed by atoms with van der Waals surface area (Å²) >= 11 is 0. The zero-order chi connectivity index (χ0) is 17.1. The first-order valence-electron chi connectivity index (χ1n) is 9.16. The molecule has 2 aliphatic heterocycles. The molecule has 3 N–H and O–H groups in total. The molecule has 132 valence electrons. The number of carbonyl (C=O) groups is 1. The lowest BCUT2D eigenvalue weighted by molar-refractivity contribution is -0.919. The van der Waals surface area contributed by atoms with Crippen molar-refractivity contribution in [2.75, 3.05) is 26.2 Å². The number of amides is 1. The normalized spacial score (nSPS) is 25.6. The first kappa shape index (κ1) is 17.1. The van der Waals surface area contributed by atoms with Crippen LogP contribution in [0.3, 0.4) is 0 Å². The fraction of sp³-hybridized carbons (Fsp3) is 0.632. The summed E-state index contributed by atoms with van der Waals surface area (Å²) in [5, 5.41) is 19.0. The minimum Gasteiger partial charge on any atom is -0.504 e. The van der Waals surface area contributed by atoms with Crippen LogP contribution in [-0.4, -0.2) is 47.2 Å². The summed E-state index contributed by atoms with van der Waals surface area (Å²) in [7, 11) is 0. The van der Waals surface area contributed by atoms with E-state index in [9.17, 15) is 15.0 Å². The third kappa shape index (κ3) is 4.01. The number of nitrogens with zero attached hydrogens (tertiary/aromatic N) is 1. The van der Waals surface area contributed by atoms with Crippen molar-refractivity contribution in [2.24, 2.45) is 11.8 Å². The number of likely N-dealkylation sites (tertiary alicyclic amines) is 2. The van der Waals surface area contributed by atoms with E-state index in [2.05, 4.69) is 11.8 Å². The summed E-state index contributed by atoms with van der Waals surface area (Å²) in [6, 6.07) is 5.03. The van der Waals surface area contributed by atoms with Gasteiger partial charge in [0.05, 0.1) is 13.1 Å². The van der Waals surface area contributed by atoms with Gasteiger partial charge in [0.25, 0.3) is 0 Å². The molecular formula is C19H29N2O3+. The van der Waals surface area contributed by atoms with Crippen molar-refractivity contribution in [1.82, 2.24) is 4.90 Å². The number of hydrogen-bond donors (Lipinski definition) is 3. The van der Waals surface area contributed by atoms with Gasteiger partial charge in [0.1, 0.15) is 6.54 Å². The highest BCUT2D eigenvalue weighted by Gasteiger charge is 2.31. The van der Waals surface area contributed by atoms with Gasteiger partial charge < -0.3 is 20.0 Å². The first-order valence-corrected chi connectivity index (χ1v) is 9.16. The number of nitrogens with one attached hydrogen (secondary N) is 1. The molecule has 2 saturated heterocycles. The number of carbonyl (C=O) groups excluding carboxylic acids is 1. The monoisotopic (exact) mass is 333 g/mol. The molecule has 2 fully saturated rings. The Balaban J connectivity index is 1.48. The molecule has 1 amide bonds. The van der Waals surface area contributed by atoms with Crippen LogP contribution in [0.5, 0.6) is 11.5 Å². The zero-order valence-corrected chi connectivity index (χ0v) is 14.5. The molecule has 2 aliphatic rings. The predicted molar refractivity (Wildman–Crippen MR) is 91.9 cm³/mol. The van der Waals surface area contributed by atoms with Crippen LogP contribution in [0.2, 0.25) is 0 Å². The van der Waals surface area contributed by atoms with Crippen molar-refractivity contribution in [1.29, 1.82) is 0 Å². The summed E-state index contributed by atoms with van der Waals surface area (Å²) in [5.41, 5.74) is 1.02. The van der Waals surface area contributed by atoms with Crippen LogP contribution in [0.4, 0.5) is 0 Å². The van der Waals surface area contributed by atoms with Crippen LogP contribution >= 0.6 is 0 Å². The van der Waals surface area contributed by atoms with E-state index in [-0.39, 0.29) is 17.4 Å². The number of rotatable bonds is 3. The Bertz CT molecular complexity index is 574. The van der Waals surface area contributed by atoms with Crippen LogP contribution < -0.4 is 4.90 Å². The van der Waals surface area contributed by atoms with E-state index in [4.69, 9.17) is 0 Å². The Hall–Kier alpha value is -1.75. The molecule has 0 saturated carbocycles. The maximum absolute atomic E-state index is 12.7. The van der Waals surface area contributed by atoms with E-state index in [0.29, 0.717) is 5.91 Å². The Morgan fingerprint density at radius 1 is 1.12 bits per heavy atom. The van der Waals surface area contributed by atoms with Gasteiger partial charge in [-0.25, -0.2) is 0 Å². The Kier molecular flexibility index (Phi) is 5.29. The molecule has 0 aliphatic carbocycles. The van der Waals surface area contributed by atoms with Crippen LogP contribution in [0.1, 0.15) is 38.2 Å². The second kappa shape index (κ2) is 7.43. The summed E-state index contributed by atoms with van der Waals surface area (Å²) in [4.78, 5) is 16.2. The van der Waals surface area contributed by atoms with Crippen molar-refractivity contribution in [3.05, 3.63) is 23.8 Å². The second-order valence-electron chi connectivity index (χ2n) is 7.53. The standard InChI is InChI=1S/C19H28N2O3/c1-14-4-10-21(11-5-14)19(24)16-6-8-20(9-7-16)13-15-2-3-17(22)18(23)12-15/h2-3,12,14,16,22-23H,4-11,13H2,1H3/p+1. The van der Waals surface area contributed by atoms with E-state index < -0.39 is 0 Å². The van der Waals surface area contributed by atoms with Gasteiger partial charge in [0.15, 0.2) is 11.5 Å². The quantitative estimate of drug-likeness (QED) is 0.727. The van der Waals surface area contributed by atoms with Crippen molar-refractivity contribution in [3.63, 3.8) is 0 Å². The third-order valence-electron chi connectivity index (χ3n) is 5.63. The van der Waals surface area contributed by atoms with Crippen LogP contribution in [0.25, 0.3) is 0 Å². The van der Waals surface area contributed by atoms with E-state index in [1.807, 2.05) is 6.07 Å². The Morgan fingerprint density at radius 3 is 2.42 bits per heavy atom. The van der Waals surface area contributed by atoms with Crippen molar-refractivity contribution >= 4 is 5.91 Å². The fourth-order valence-corrected chi connectivity index (χ4v) is 3.90. The van der Waals surface area contributed by atoms with Crippen LogP contribution in [-0.2, 0) is 11.3 Å². The maximum Gasteiger partial charge on any atom is 0.226 e. The van der Waals surface area contributed by atoms with E-state index in [1.54, 1.807) is 6.07 Å². The molecule has 5 heteroatoms. The SMILES string of the molecule is CC1CCN(C(=O)C2CC[NH+](Cc3ccc(O)c(O)c3)CC2)CC1. The summed E-state index contributed by atoms with van der Waals surface area (Å²) in [5.74, 6) is 1.17. The summed E-state index contributed by atoms with van der Waals surface area (Å²) in [6.07, 6.45) is 4.18. The van der Waals surface area contributed by atoms with E-state index in [1.165, 1.54) is 11.0 Å². The average Bonchev–Trinajstić information content (AvgIpc) is 2.59. The lowest BCUT2D eigenvalue weighted by Crippen LogP contribution is -3.11. The van der Waals surface area contributed by atoms with Crippen molar-refractivity contribution in [3.8, 4) is 11.5 Å². The molecule has 0 spiro atoms. The van der Waals surface area contributed by atoms with Gasteiger partial charge in [-0.1, -0.05) is 6.92 Å². The Labute approximate surface area is 143 Å².